The SMILES string of the molecule is COc1cc([N+](=O)[O-])ccc1NC(=O)C[NH+](C)Cc1ccc2c(c1)OCO2. The minimum Gasteiger partial charge on any atom is -0.494 e. The Labute approximate surface area is 155 Å². The molecule has 2 aromatic rings. The number of anilines is 1. The topological polar surface area (TPSA) is 104 Å². The van der Waals surface area contributed by atoms with Crippen LogP contribution in [0.3, 0.4) is 0 Å². The van der Waals surface area contributed by atoms with Crippen molar-refractivity contribution in [3.8, 4) is 17.2 Å². The molecule has 0 bridgehead atoms. The summed E-state index contributed by atoms with van der Waals surface area (Å²) < 4.78 is 15.8. The number of ether oxygens (including phenoxy) is 3. The van der Waals surface area contributed by atoms with Crippen LogP contribution in [0.15, 0.2) is 36.4 Å². The molecule has 0 spiro atoms. The molecule has 0 fully saturated rings. The van der Waals surface area contributed by atoms with Crippen LogP contribution in [-0.4, -0.2) is 38.3 Å². The second kappa shape index (κ2) is 7.92. The Hall–Kier alpha value is -3.33. The number of carbonyl (C=O) groups is 1. The average molecular weight is 374 g/mol. The van der Waals surface area contributed by atoms with Crippen molar-refractivity contribution in [3.05, 3.63) is 52.1 Å². The molecule has 0 saturated heterocycles. The first-order valence-electron chi connectivity index (χ1n) is 8.28. The van der Waals surface area contributed by atoms with Crippen LogP contribution in [-0.2, 0) is 11.3 Å². The fourth-order valence-electron chi connectivity index (χ4n) is 2.83. The van der Waals surface area contributed by atoms with Crippen molar-refractivity contribution in [2.45, 2.75) is 6.54 Å². The second-order valence-electron chi connectivity index (χ2n) is 6.19. The lowest BCUT2D eigenvalue weighted by atomic mass is 10.2. The van der Waals surface area contributed by atoms with Gasteiger partial charge < -0.3 is 24.4 Å². The molecule has 9 heteroatoms. The first-order valence-corrected chi connectivity index (χ1v) is 8.28. The molecule has 0 aliphatic carbocycles. The number of nitrogens with one attached hydrogen (secondary N) is 2. The van der Waals surface area contributed by atoms with Gasteiger partial charge in [-0.05, 0) is 24.3 Å². The molecule has 2 N–H and O–H groups in total. The summed E-state index contributed by atoms with van der Waals surface area (Å²) >= 11 is 0. The van der Waals surface area contributed by atoms with Crippen LogP contribution >= 0.6 is 0 Å². The molecule has 1 atom stereocenters. The van der Waals surface area contributed by atoms with Crippen LogP contribution in [0.1, 0.15) is 5.56 Å². The van der Waals surface area contributed by atoms with Crippen molar-refractivity contribution in [1.82, 2.24) is 0 Å². The van der Waals surface area contributed by atoms with Gasteiger partial charge in [-0.25, -0.2) is 0 Å². The van der Waals surface area contributed by atoms with Gasteiger partial charge in [0.1, 0.15) is 12.3 Å². The zero-order chi connectivity index (χ0) is 19.4. The van der Waals surface area contributed by atoms with Crippen LogP contribution in [0.5, 0.6) is 17.2 Å². The summed E-state index contributed by atoms with van der Waals surface area (Å²) in [6.07, 6.45) is 0. The monoisotopic (exact) mass is 374 g/mol. The normalized spacial score (nSPS) is 13.1. The lowest BCUT2D eigenvalue weighted by Crippen LogP contribution is -3.08. The number of non-ortho nitro benzene ring substituents is 1. The van der Waals surface area contributed by atoms with E-state index < -0.39 is 4.92 Å². The van der Waals surface area contributed by atoms with E-state index in [2.05, 4.69) is 5.32 Å². The first-order chi connectivity index (χ1) is 13.0. The summed E-state index contributed by atoms with van der Waals surface area (Å²) in [4.78, 5) is 23.6. The summed E-state index contributed by atoms with van der Waals surface area (Å²) in [5.41, 5.74) is 1.32. The Morgan fingerprint density at radius 1 is 1.26 bits per heavy atom. The molecule has 0 saturated carbocycles. The predicted molar refractivity (Wildman–Crippen MR) is 96.3 cm³/mol. The van der Waals surface area contributed by atoms with Gasteiger partial charge in [0.05, 0.1) is 30.8 Å². The molecular formula is C18H20N3O6+. The van der Waals surface area contributed by atoms with Gasteiger partial charge in [-0.1, -0.05) is 0 Å². The van der Waals surface area contributed by atoms with Crippen LogP contribution in [0, 0.1) is 10.1 Å². The third-order valence-corrected chi connectivity index (χ3v) is 4.08. The molecular weight excluding hydrogens is 354 g/mol. The molecule has 142 valence electrons. The number of carbonyl (C=O) groups excluding carboxylic acids is 1. The molecule has 0 radical (unpaired) electrons. The third kappa shape index (κ3) is 4.45. The van der Waals surface area contributed by atoms with Crippen molar-refractivity contribution < 1.29 is 28.8 Å². The van der Waals surface area contributed by atoms with Gasteiger partial charge in [0.2, 0.25) is 6.79 Å². The Morgan fingerprint density at radius 2 is 2.04 bits per heavy atom. The maximum absolute atomic E-state index is 12.3. The number of hydrogen-bond acceptors (Lipinski definition) is 6. The zero-order valence-corrected chi connectivity index (χ0v) is 15.0. The number of nitro groups is 1. The fourth-order valence-corrected chi connectivity index (χ4v) is 2.83. The molecule has 1 aliphatic rings. The number of fused-ring (bicyclic) bond motifs is 1. The number of amides is 1. The van der Waals surface area contributed by atoms with Crippen molar-refractivity contribution >= 4 is 17.3 Å². The number of quaternary nitrogens is 1. The summed E-state index contributed by atoms with van der Waals surface area (Å²) in [6, 6.07) is 9.76. The number of nitro benzene ring substituents is 1. The van der Waals surface area contributed by atoms with Gasteiger partial charge in [0, 0.05) is 11.6 Å². The maximum Gasteiger partial charge on any atom is 0.279 e. The predicted octanol–water partition coefficient (Wildman–Crippen LogP) is 0.985. The molecule has 1 unspecified atom stereocenters. The highest BCUT2D eigenvalue weighted by Crippen LogP contribution is 2.32. The van der Waals surface area contributed by atoms with E-state index in [4.69, 9.17) is 14.2 Å². The molecule has 1 aliphatic heterocycles. The number of likely N-dealkylation sites (N-methyl/N-ethyl adjacent to an activating group) is 1. The van der Waals surface area contributed by atoms with Gasteiger partial charge in [-0.3, -0.25) is 14.9 Å². The molecule has 0 aromatic heterocycles. The van der Waals surface area contributed by atoms with Crippen LogP contribution < -0.4 is 24.4 Å². The fraction of sp³-hybridized carbons (Fsp3) is 0.278. The first kappa shape index (κ1) is 18.5. The summed E-state index contributed by atoms with van der Waals surface area (Å²) in [7, 11) is 3.29. The van der Waals surface area contributed by atoms with E-state index in [1.807, 2.05) is 25.2 Å². The number of nitrogens with zero attached hydrogens (tertiary/aromatic N) is 1. The van der Waals surface area contributed by atoms with Gasteiger partial charge in [0.25, 0.3) is 11.6 Å². The van der Waals surface area contributed by atoms with Gasteiger partial charge in [-0.15, -0.1) is 0 Å². The van der Waals surface area contributed by atoms with E-state index in [-0.39, 0.29) is 30.7 Å². The van der Waals surface area contributed by atoms with E-state index in [1.165, 1.54) is 25.3 Å². The van der Waals surface area contributed by atoms with Crippen molar-refractivity contribution in [2.75, 3.05) is 32.8 Å². The highest BCUT2D eigenvalue weighted by atomic mass is 16.7. The van der Waals surface area contributed by atoms with Crippen LogP contribution in [0.25, 0.3) is 0 Å². The van der Waals surface area contributed by atoms with Gasteiger partial charge in [-0.2, -0.15) is 0 Å². The van der Waals surface area contributed by atoms with E-state index in [0.717, 1.165) is 16.2 Å². The Kier molecular flexibility index (Phi) is 5.41. The van der Waals surface area contributed by atoms with Gasteiger partial charge in [0.15, 0.2) is 18.0 Å². The maximum atomic E-state index is 12.3. The molecule has 3 rings (SSSR count). The minimum absolute atomic E-state index is 0.101. The second-order valence-corrected chi connectivity index (χ2v) is 6.19. The van der Waals surface area contributed by atoms with Crippen molar-refractivity contribution in [1.29, 1.82) is 0 Å². The average Bonchev–Trinajstić information content (AvgIpc) is 3.09. The Balaban J connectivity index is 1.59. The van der Waals surface area contributed by atoms with Crippen LogP contribution in [0.2, 0.25) is 0 Å². The lowest BCUT2D eigenvalue weighted by Gasteiger charge is -2.15. The highest BCUT2D eigenvalue weighted by Gasteiger charge is 2.18. The zero-order valence-electron chi connectivity index (χ0n) is 15.0. The smallest absolute Gasteiger partial charge is 0.279 e. The van der Waals surface area contributed by atoms with E-state index in [1.54, 1.807) is 0 Å². The minimum atomic E-state index is -0.516. The number of rotatable bonds is 7. The van der Waals surface area contributed by atoms with Gasteiger partial charge >= 0.3 is 0 Å². The Bertz CT molecular complexity index is 870. The van der Waals surface area contributed by atoms with Crippen LogP contribution in [0.4, 0.5) is 11.4 Å². The summed E-state index contributed by atoms with van der Waals surface area (Å²) in [6.45, 7) is 1.07. The van der Waals surface area contributed by atoms with Crippen molar-refractivity contribution in [3.63, 3.8) is 0 Å². The number of methoxy groups -OCH3 is 1. The Morgan fingerprint density at radius 3 is 2.78 bits per heavy atom. The highest BCUT2D eigenvalue weighted by molar-refractivity contribution is 5.93. The molecule has 27 heavy (non-hydrogen) atoms. The molecule has 2 aromatic carbocycles. The number of hydrogen-bond donors (Lipinski definition) is 2. The molecule has 1 amide bonds. The summed E-state index contributed by atoms with van der Waals surface area (Å²) in [5.74, 6) is 1.45. The van der Waals surface area contributed by atoms with Crippen molar-refractivity contribution in [2.24, 2.45) is 0 Å². The standard InChI is InChI=1S/C18H19N3O6/c1-20(9-12-3-6-15-17(7-12)27-11-26-15)10-18(22)19-14-5-4-13(21(23)24)8-16(14)25-2/h3-8H,9-11H2,1-2H3,(H,19,22)/p+1. The number of benzene rings is 2. The van der Waals surface area contributed by atoms with E-state index >= 15 is 0 Å². The molecule has 1 heterocycles. The largest absolute Gasteiger partial charge is 0.494 e. The summed E-state index contributed by atoms with van der Waals surface area (Å²) in [5, 5.41) is 13.6. The molecule has 9 nitrogen and oxygen atoms in total. The van der Waals surface area contributed by atoms with E-state index in [0.29, 0.717) is 18.0 Å². The van der Waals surface area contributed by atoms with E-state index in [9.17, 15) is 14.9 Å². The third-order valence-electron chi connectivity index (χ3n) is 4.08. The quantitative estimate of drug-likeness (QED) is 0.553. The lowest BCUT2D eigenvalue weighted by molar-refractivity contribution is -0.885.